The number of hydrogen-bond donors (Lipinski definition) is 1. The molecule has 0 radical (unpaired) electrons. The molecule has 1 aliphatic heterocycles. The number of nitrogens with one attached hydrogen (secondary N) is 1. The summed E-state index contributed by atoms with van der Waals surface area (Å²) in [4.78, 5) is 41.6. The van der Waals surface area contributed by atoms with Crippen molar-refractivity contribution in [2.45, 2.75) is 19.8 Å². The molecule has 8 heteroatoms. The molecule has 1 atom stereocenters. The van der Waals surface area contributed by atoms with Gasteiger partial charge in [-0.05, 0) is 44.0 Å². The number of pyridine rings is 1. The number of piperidine rings is 1. The van der Waals surface area contributed by atoms with Gasteiger partial charge in [-0.15, -0.1) is 0 Å². The third kappa shape index (κ3) is 5.25. The van der Waals surface area contributed by atoms with Gasteiger partial charge in [0.15, 0.2) is 0 Å². The van der Waals surface area contributed by atoms with E-state index in [0.29, 0.717) is 37.3 Å². The van der Waals surface area contributed by atoms with Crippen LogP contribution in [0.1, 0.15) is 24.1 Å². The predicted octanol–water partition coefficient (Wildman–Crippen LogP) is 3.19. The molecule has 0 aliphatic carbocycles. The maximum absolute atomic E-state index is 12.6. The SMILES string of the molecule is Cc1cccc(NC(=O)C2CCCN(C(=O)/C=C/c3ccccc3[N+](=O)[O-])C2)n1. The summed E-state index contributed by atoms with van der Waals surface area (Å²) in [6.45, 7) is 2.70. The standard InChI is InChI=1S/C21H22N4O4/c1-15-6-4-10-19(22-15)23-21(27)17-8-5-13-24(14-17)20(26)12-11-16-7-2-3-9-18(16)25(28)29/h2-4,6-7,9-12,17H,5,8,13-14H2,1H3,(H,22,23,27)/b12-11+. The molecule has 1 aromatic carbocycles. The predicted molar refractivity (Wildman–Crippen MR) is 109 cm³/mol. The van der Waals surface area contributed by atoms with Crippen molar-refractivity contribution >= 4 is 29.4 Å². The first-order valence-electron chi connectivity index (χ1n) is 9.39. The highest BCUT2D eigenvalue weighted by Crippen LogP contribution is 2.21. The summed E-state index contributed by atoms with van der Waals surface area (Å²) in [5.74, 6) is -0.262. The maximum atomic E-state index is 12.6. The number of amides is 2. The molecule has 150 valence electrons. The van der Waals surface area contributed by atoms with Crippen molar-refractivity contribution in [3.63, 3.8) is 0 Å². The Morgan fingerprint density at radius 2 is 2.03 bits per heavy atom. The first-order valence-corrected chi connectivity index (χ1v) is 9.39. The Hall–Kier alpha value is -3.55. The molecule has 2 amide bonds. The van der Waals surface area contributed by atoms with Crippen LogP contribution in [-0.2, 0) is 9.59 Å². The van der Waals surface area contributed by atoms with Crippen molar-refractivity contribution in [1.29, 1.82) is 0 Å². The molecule has 1 fully saturated rings. The number of rotatable bonds is 5. The Labute approximate surface area is 168 Å². The molecule has 0 spiro atoms. The van der Waals surface area contributed by atoms with Crippen LogP contribution >= 0.6 is 0 Å². The Balaban J connectivity index is 1.63. The van der Waals surface area contributed by atoms with Gasteiger partial charge in [-0.1, -0.05) is 18.2 Å². The van der Waals surface area contributed by atoms with E-state index in [-0.39, 0.29) is 23.4 Å². The monoisotopic (exact) mass is 394 g/mol. The number of nitrogens with zero attached hydrogens (tertiary/aromatic N) is 3. The minimum absolute atomic E-state index is 0.0573. The van der Waals surface area contributed by atoms with Crippen LogP contribution in [-0.4, -0.2) is 39.7 Å². The van der Waals surface area contributed by atoms with Crippen LogP contribution in [0.4, 0.5) is 11.5 Å². The second kappa shape index (κ2) is 9.09. The summed E-state index contributed by atoms with van der Waals surface area (Å²) in [5, 5.41) is 13.9. The molecule has 1 unspecified atom stereocenters. The molecule has 29 heavy (non-hydrogen) atoms. The van der Waals surface area contributed by atoms with Crippen molar-refractivity contribution in [1.82, 2.24) is 9.88 Å². The normalized spacial score (nSPS) is 16.6. The van der Waals surface area contributed by atoms with Crippen LogP contribution < -0.4 is 5.32 Å². The van der Waals surface area contributed by atoms with Gasteiger partial charge in [-0.2, -0.15) is 0 Å². The quantitative estimate of drug-likeness (QED) is 0.476. The van der Waals surface area contributed by atoms with E-state index in [0.717, 1.165) is 5.69 Å². The third-order valence-corrected chi connectivity index (χ3v) is 4.78. The molecule has 1 aromatic heterocycles. The number of carbonyl (C=O) groups is 2. The fourth-order valence-corrected chi connectivity index (χ4v) is 3.29. The minimum atomic E-state index is -0.481. The summed E-state index contributed by atoms with van der Waals surface area (Å²) < 4.78 is 0. The average Bonchev–Trinajstić information content (AvgIpc) is 2.72. The van der Waals surface area contributed by atoms with Gasteiger partial charge >= 0.3 is 0 Å². The second-order valence-corrected chi connectivity index (χ2v) is 6.93. The van der Waals surface area contributed by atoms with Gasteiger partial charge in [0.1, 0.15) is 5.82 Å². The first kappa shape index (κ1) is 20.2. The number of nitro groups is 1. The van der Waals surface area contributed by atoms with Crippen LogP contribution in [0.5, 0.6) is 0 Å². The molecule has 0 saturated carbocycles. The molecular formula is C21H22N4O4. The van der Waals surface area contributed by atoms with Gasteiger partial charge in [0.2, 0.25) is 11.8 Å². The van der Waals surface area contributed by atoms with Gasteiger partial charge in [0.25, 0.3) is 5.69 Å². The fourth-order valence-electron chi connectivity index (χ4n) is 3.29. The highest BCUT2D eigenvalue weighted by atomic mass is 16.6. The fraction of sp³-hybridized carbons (Fsp3) is 0.286. The molecule has 2 aromatic rings. The Morgan fingerprint density at radius 1 is 1.24 bits per heavy atom. The number of benzene rings is 1. The van der Waals surface area contributed by atoms with E-state index in [1.807, 2.05) is 19.1 Å². The number of anilines is 1. The van der Waals surface area contributed by atoms with Crippen molar-refractivity contribution in [3.8, 4) is 0 Å². The Bertz CT molecular complexity index is 957. The van der Waals surface area contributed by atoms with E-state index < -0.39 is 4.92 Å². The number of para-hydroxylation sites is 1. The lowest BCUT2D eigenvalue weighted by Crippen LogP contribution is -2.43. The number of aryl methyl sites for hydroxylation is 1. The van der Waals surface area contributed by atoms with Gasteiger partial charge in [-0.25, -0.2) is 4.98 Å². The van der Waals surface area contributed by atoms with Crippen LogP contribution in [0.15, 0.2) is 48.5 Å². The lowest BCUT2D eigenvalue weighted by atomic mass is 9.97. The summed E-state index contributed by atoms with van der Waals surface area (Å²) in [5.41, 5.74) is 1.11. The van der Waals surface area contributed by atoms with E-state index in [9.17, 15) is 19.7 Å². The molecule has 8 nitrogen and oxygen atoms in total. The van der Waals surface area contributed by atoms with Crippen LogP contribution in [0.2, 0.25) is 0 Å². The number of aromatic nitrogens is 1. The van der Waals surface area contributed by atoms with E-state index in [2.05, 4.69) is 10.3 Å². The Morgan fingerprint density at radius 3 is 2.79 bits per heavy atom. The molecule has 3 rings (SSSR count). The third-order valence-electron chi connectivity index (χ3n) is 4.78. The van der Waals surface area contributed by atoms with Crippen LogP contribution in [0, 0.1) is 23.0 Å². The lowest BCUT2D eigenvalue weighted by molar-refractivity contribution is -0.385. The van der Waals surface area contributed by atoms with E-state index >= 15 is 0 Å². The first-order chi connectivity index (χ1) is 13.9. The van der Waals surface area contributed by atoms with Gasteiger partial charge in [0, 0.05) is 30.9 Å². The highest BCUT2D eigenvalue weighted by Gasteiger charge is 2.28. The average molecular weight is 394 g/mol. The largest absolute Gasteiger partial charge is 0.338 e. The van der Waals surface area contributed by atoms with Crippen molar-refractivity contribution in [2.75, 3.05) is 18.4 Å². The molecule has 0 bridgehead atoms. The van der Waals surface area contributed by atoms with E-state index in [1.54, 1.807) is 29.2 Å². The van der Waals surface area contributed by atoms with Crippen molar-refractivity contribution in [2.24, 2.45) is 5.92 Å². The second-order valence-electron chi connectivity index (χ2n) is 6.93. The zero-order chi connectivity index (χ0) is 20.8. The smallest absolute Gasteiger partial charge is 0.276 e. The molecule has 1 N–H and O–H groups in total. The summed E-state index contributed by atoms with van der Waals surface area (Å²) in [6.07, 6.45) is 4.17. The maximum Gasteiger partial charge on any atom is 0.276 e. The van der Waals surface area contributed by atoms with Gasteiger partial charge < -0.3 is 10.2 Å². The lowest BCUT2D eigenvalue weighted by Gasteiger charge is -2.31. The highest BCUT2D eigenvalue weighted by molar-refractivity contribution is 5.95. The van der Waals surface area contributed by atoms with E-state index in [4.69, 9.17) is 0 Å². The zero-order valence-electron chi connectivity index (χ0n) is 16.1. The topological polar surface area (TPSA) is 105 Å². The molecule has 1 aliphatic rings. The van der Waals surface area contributed by atoms with Crippen molar-refractivity contribution in [3.05, 3.63) is 69.9 Å². The molecule has 1 saturated heterocycles. The molecular weight excluding hydrogens is 372 g/mol. The number of nitro benzene ring substituents is 1. The summed E-state index contributed by atoms with van der Waals surface area (Å²) in [7, 11) is 0. The summed E-state index contributed by atoms with van der Waals surface area (Å²) in [6, 6.07) is 11.6. The molecule has 2 heterocycles. The summed E-state index contributed by atoms with van der Waals surface area (Å²) >= 11 is 0. The van der Waals surface area contributed by atoms with Crippen molar-refractivity contribution < 1.29 is 14.5 Å². The number of carbonyl (C=O) groups excluding carboxylic acids is 2. The zero-order valence-corrected chi connectivity index (χ0v) is 16.1. The van der Waals surface area contributed by atoms with Crippen LogP contribution in [0.25, 0.3) is 6.08 Å². The number of hydrogen-bond acceptors (Lipinski definition) is 5. The van der Waals surface area contributed by atoms with Gasteiger partial charge in [0.05, 0.1) is 16.4 Å². The van der Waals surface area contributed by atoms with Gasteiger partial charge in [-0.3, -0.25) is 19.7 Å². The Kier molecular flexibility index (Phi) is 6.33. The minimum Gasteiger partial charge on any atom is -0.338 e. The van der Waals surface area contributed by atoms with E-state index in [1.165, 1.54) is 18.2 Å². The number of likely N-dealkylation sites (tertiary alicyclic amines) is 1. The van der Waals surface area contributed by atoms with Crippen LogP contribution in [0.3, 0.4) is 0 Å².